The van der Waals surface area contributed by atoms with Crippen LogP contribution >= 0.6 is 0 Å². The molecule has 1 atom stereocenters. The standard InChI is InChI=1S/C22H23NO/c1-3-5-6-9-16(4-2)18-12-13-22-19(20(18)15-23)14-17-10-7-8-11-21(17)24-22/h7-8,10-13,16H,3-6,9H2,1-2H3. The predicted octanol–water partition coefficient (Wildman–Crippen LogP) is 6.22. The number of nitrogens with zero attached hydrogens (tertiary/aromatic N) is 1. The van der Waals surface area contributed by atoms with Crippen LogP contribution in [0.25, 0.3) is 0 Å². The first-order valence-electron chi connectivity index (χ1n) is 8.89. The molecule has 0 saturated carbocycles. The van der Waals surface area contributed by atoms with Gasteiger partial charge in [0.25, 0.3) is 0 Å². The van der Waals surface area contributed by atoms with Crippen molar-refractivity contribution in [1.29, 1.82) is 5.26 Å². The molecule has 0 amide bonds. The zero-order valence-electron chi connectivity index (χ0n) is 14.4. The molecule has 2 aromatic rings. The van der Waals surface area contributed by atoms with E-state index in [0.717, 1.165) is 46.6 Å². The van der Waals surface area contributed by atoms with E-state index in [9.17, 15) is 5.26 Å². The molecule has 2 heteroatoms. The summed E-state index contributed by atoms with van der Waals surface area (Å²) in [5.74, 6) is 1.96. The van der Waals surface area contributed by atoms with Crippen LogP contribution in [0.2, 0.25) is 0 Å². The Morgan fingerprint density at radius 2 is 1.92 bits per heavy atom. The number of nitriles is 1. The van der Waals surface area contributed by atoms with Crippen molar-refractivity contribution in [3.63, 3.8) is 0 Å². The van der Waals surface area contributed by atoms with Gasteiger partial charge in [0.15, 0.2) is 0 Å². The Balaban J connectivity index is 1.95. The maximum absolute atomic E-state index is 9.79. The van der Waals surface area contributed by atoms with Crippen molar-refractivity contribution in [2.75, 3.05) is 0 Å². The second-order valence-electron chi connectivity index (χ2n) is 6.34. The molecule has 1 unspecified atom stereocenters. The molecule has 0 bridgehead atoms. The van der Waals surface area contributed by atoms with Crippen molar-refractivity contribution in [2.24, 2.45) is 0 Å². The Labute approximate surface area is 145 Å². The van der Waals surface area contributed by atoms with Gasteiger partial charge in [0.1, 0.15) is 11.5 Å². The molecule has 1 heterocycles. The fourth-order valence-electron chi connectivity index (χ4n) is 3.40. The lowest BCUT2D eigenvalue weighted by atomic mass is 9.84. The molecule has 0 saturated heterocycles. The summed E-state index contributed by atoms with van der Waals surface area (Å²) in [7, 11) is 0. The molecule has 0 N–H and O–H groups in total. The van der Waals surface area contributed by atoms with E-state index in [-0.39, 0.29) is 0 Å². The Kier molecular flexibility index (Phi) is 5.20. The third-order valence-corrected chi connectivity index (χ3v) is 4.77. The second-order valence-corrected chi connectivity index (χ2v) is 6.34. The van der Waals surface area contributed by atoms with Crippen LogP contribution in [0.15, 0.2) is 36.4 Å². The number of rotatable bonds is 6. The third-order valence-electron chi connectivity index (χ3n) is 4.77. The van der Waals surface area contributed by atoms with Gasteiger partial charge in [-0.25, -0.2) is 0 Å². The molecule has 1 aliphatic rings. The lowest BCUT2D eigenvalue weighted by molar-refractivity contribution is 0.467. The molecule has 0 aromatic heterocycles. The van der Waals surface area contributed by atoms with Gasteiger partial charge in [-0.2, -0.15) is 5.26 Å². The van der Waals surface area contributed by atoms with Crippen LogP contribution in [0.1, 0.15) is 74.1 Å². The molecule has 0 aliphatic carbocycles. The summed E-state index contributed by atoms with van der Waals surface area (Å²) in [4.78, 5) is 0. The smallest absolute Gasteiger partial charge is 0.132 e. The monoisotopic (exact) mass is 317 g/mol. The van der Waals surface area contributed by atoms with Crippen LogP contribution in [0.3, 0.4) is 0 Å². The van der Waals surface area contributed by atoms with Crippen LogP contribution in [-0.4, -0.2) is 0 Å². The Morgan fingerprint density at radius 1 is 1.08 bits per heavy atom. The summed E-state index contributed by atoms with van der Waals surface area (Å²) in [5.41, 5.74) is 3.59. The highest BCUT2D eigenvalue weighted by Crippen LogP contribution is 2.42. The van der Waals surface area contributed by atoms with Crippen LogP contribution in [0.5, 0.6) is 11.5 Å². The summed E-state index contributed by atoms with van der Waals surface area (Å²) >= 11 is 0. The summed E-state index contributed by atoms with van der Waals surface area (Å²) < 4.78 is 5.97. The minimum atomic E-state index is 0.426. The molecule has 0 fully saturated rings. The maximum atomic E-state index is 9.79. The van der Waals surface area contributed by atoms with Gasteiger partial charge in [0.2, 0.25) is 0 Å². The van der Waals surface area contributed by atoms with E-state index < -0.39 is 0 Å². The molecule has 1 aliphatic heterocycles. The van der Waals surface area contributed by atoms with Gasteiger partial charge in [-0.15, -0.1) is 0 Å². The zero-order chi connectivity index (χ0) is 16.9. The number of benzene rings is 2. The Hall–Kier alpha value is -2.27. The number of para-hydroxylation sites is 1. The zero-order valence-corrected chi connectivity index (χ0v) is 14.4. The van der Waals surface area contributed by atoms with E-state index in [0.29, 0.717) is 5.92 Å². The number of hydrogen-bond donors (Lipinski definition) is 0. The normalized spacial score (nSPS) is 13.4. The van der Waals surface area contributed by atoms with Gasteiger partial charge in [0, 0.05) is 11.1 Å². The van der Waals surface area contributed by atoms with Crippen LogP contribution in [0.4, 0.5) is 0 Å². The molecule has 122 valence electrons. The van der Waals surface area contributed by atoms with Gasteiger partial charge in [-0.1, -0.05) is 57.4 Å². The average molecular weight is 317 g/mol. The lowest BCUT2D eigenvalue weighted by Crippen LogP contribution is -2.08. The number of unbranched alkanes of at least 4 members (excludes halogenated alkanes) is 2. The lowest BCUT2D eigenvalue weighted by Gasteiger charge is -2.24. The minimum Gasteiger partial charge on any atom is -0.457 e. The quantitative estimate of drug-likeness (QED) is 0.506. The van der Waals surface area contributed by atoms with E-state index in [2.05, 4.69) is 32.4 Å². The molecular formula is C22H23NO. The van der Waals surface area contributed by atoms with Crippen molar-refractivity contribution in [1.82, 2.24) is 0 Å². The van der Waals surface area contributed by atoms with Gasteiger partial charge in [0.05, 0.1) is 18.1 Å². The minimum absolute atomic E-state index is 0.426. The first kappa shape index (κ1) is 16.6. The van der Waals surface area contributed by atoms with Crippen LogP contribution in [0, 0.1) is 17.8 Å². The number of ether oxygens (including phenoxy) is 1. The fraction of sp³-hybridized carbons (Fsp3) is 0.364. The van der Waals surface area contributed by atoms with Gasteiger partial charge >= 0.3 is 0 Å². The van der Waals surface area contributed by atoms with Gasteiger partial charge in [-0.3, -0.25) is 0 Å². The molecule has 2 aromatic carbocycles. The fourth-order valence-corrected chi connectivity index (χ4v) is 3.40. The summed E-state index contributed by atoms with van der Waals surface area (Å²) in [6.45, 7) is 4.43. The number of fused-ring (bicyclic) bond motifs is 2. The van der Waals surface area contributed by atoms with E-state index in [4.69, 9.17) is 4.74 Å². The highest BCUT2D eigenvalue weighted by molar-refractivity contribution is 5.64. The van der Waals surface area contributed by atoms with Crippen molar-refractivity contribution >= 4 is 0 Å². The predicted molar refractivity (Wildman–Crippen MR) is 96.3 cm³/mol. The average Bonchev–Trinajstić information content (AvgIpc) is 2.63. The highest BCUT2D eigenvalue weighted by Gasteiger charge is 2.24. The van der Waals surface area contributed by atoms with Crippen molar-refractivity contribution in [2.45, 2.75) is 51.9 Å². The molecule has 3 rings (SSSR count). The highest BCUT2D eigenvalue weighted by atomic mass is 16.5. The molecular weight excluding hydrogens is 294 g/mol. The van der Waals surface area contributed by atoms with E-state index >= 15 is 0 Å². The number of hydrogen-bond acceptors (Lipinski definition) is 2. The summed E-state index contributed by atoms with van der Waals surface area (Å²) in [6.07, 6.45) is 9.26. The van der Waals surface area contributed by atoms with Crippen molar-refractivity contribution in [3.8, 4) is 17.6 Å². The van der Waals surface area contributed by atoms with Crippen LogP contribution < -0.4 is 4.74 Å². The molecule has 0 spiro atoms. The van der Waals surface area contributed by atoms with Crippen molar-refractivity contribution in [3.05, 3.63) is 65.1 Å². The summed E-state index contributed by atoms with van der Waals surface area (Å²) in [6, 6.07) is 14.3. The molecule has 24 heavy (non-hydrogen) atoms. The summed E-state index contributed by atoms with van der Waals surface area (Å²) in [5, 5.41) is 9.79. The molecule has 2 nitrogen and oxygen atoms in total. The van der Waals surface area contributed by atoms with Gasteiger partial charge in [-0.05, 0) is 36.5 Å². The van der Waals surface area contributed by atoms with E-state index in [1.165, 1.54) is 19.3 Å². The topological polar surface area (TPSA) is 33.0 Å². The Bertz CT molecular complexity index is 757. The largest absolute Gasteiger partial charge is 0.457 e. The van der Waals surface area contributed by atoms with E-state index in [1.807, 2.05) is 30.3 Å². The van der Waals surface area contributed by atoms with Gasteiger partial charge < -0.3 is 4.74 Å². The van der Waals surface area contributed by atoms with E-state index in [1.54, 1.807) is 0 Å². The second kappa shape index (κ2) is 7.53. The van der Waals surface area contributed by atoms with Crippen molar-refractivity contribution < 1.29 is 4.74 Å². The molecule has 2 radical (unpaired) electrons. The Morgan fingerprint density at radius 3 is 2.67 bits per heavy atom. The first-order valence-corrected chi connectivity index (χ1v) is 8.89. The third kappa shape index (κ3) is 3.17. The SMILES string of the molecule is CCCCCC(CC)c1ccc2c(c1C#N)[C]c1ccccc1O2. The first-order chi connectivity index (χ1) is 11.8. The maximum Gasteiger partial charge on any atom is 0.132 e. The van der Waals surface area contributed by atoms with Crippen LogP contribution in [-0.2, 0) is 0 Å².